The second kappa shape index (κ2) is 34.4. The van der Waals surface area contributed by atoms with Crippen molar-refractivity contribution in [2.45, 2.75) is 213 Å². The zero-order valence-corrected chi connectivity index (χ0v) is 28.8. The Labute approximate surface area is 263 Å². The maximum absolute atomic E-state index is 12.0. The van der Waals surface area contributed by atoms with Crippen LogP contribution >= 0.6 is 0 Å². The quantitative estimate of drug-likeness (QED) is 0.0549. The maximum Gasteiger partial charge on any atom is 0.305 e. The molecule has 0 saturated heterocycles. The molecule has 4 heteroatoms. The minimum Gasteiger partial charge on any atom is -0.465 e. The average Bonchev–Trinajstić information content (AvgIpc) is 2.99. The summed E-state index contributed by atoms with van der Waals surface area (Å²) in [5, 5.41) is 0. The van der Waals surface area contributed by atoms with Crippen LogP contribution in [-0.2, 0) is 19.1 Å². The largest absolute Gasteiger partial charge is 0.465 e. The molecule has 0 amide bonds. The van der Waals surface area contributed by atoms with Crippen molar-refractivity contribution < 1.29 is 19.1 Å². The van der Waals surface area contributed by atoms with Crippen LogP contribution in [-0.4, -0.2) is 25.2 Å². The van der Waals surface area contributed by atoms with Crippen LogP contribution in [0.15, 0.2) is 0 Å². The average molecular weight is 595 g/mol. The molecule has 250 valence electrons. The van der Waals surface area contributed by atoms with Gasteiger partial charge in [0.2, 0.25) is 0 Å². The number of ether oxygens (including phenoxy) is 2. The molecule has 0 aliphatic rings. The molecule has 0 spiro atoms. The number of rotatable bonds is 34. The standard InChI is InChI=1S/C38H74O4/c1-4-6-8-10-12-14-16-18-19-21-23-25-27-29-31-33-38(40)42-35-36(3)34-41-37(39)32-30-28-26-24-22-20-17-15-13-11-9-7-5-2/h36H,4-35H2,1-3H3. The van der Waals surface area contributed by atoms with Gasteiger partial charge < -0.3 is 9.47 Å². The fourth-order valence-electron chi connectivity index (χ4n) is 5.59. The second-order valence-electron chi connectivity index (χ2n) is 13.2. The van der Waals surface area contributed by atoms with Gasteiger partial charge in [-0.1, -0.05) is 188 Å². The van der Waals surface area contributed by atoms with Gasteiger partial charge in [-0.3, -0.25) is 9.59 Å². The van der Waals surface area contributed by atoms with Gasteiger partial charge in [-0.15, -0.1) is 0 Å². The van der Waals surface area contributed by atoms with Gasteiger partial charge in [-0.2, -0.15) is 0 Å². The zero-order valence-electron chi connectivity index (χ0n) is 28.8. The molecule has 0 N–H and O–H groups in total. The highest BCUT2D eigenvalue weighted by atomic mass is 16.5. The van der Waals surface area contributed by atoms with E-state index in [9.17, 15) is 9.59 Å². The van der Waals surface area contributed by atoms with Crippen LogP contribution in [0.25, 0.3) is 0 Å². The van der Waals surface area contributed by atoms with E-state index in [1.165, 1.54) is 154 Å². The van der Waals surface area contributed by atoms with Gasteiger partial charge in [0.1, 0.15) is 0 Å². The molecule has 0 aliphatic heterocycles. The minimum atomic E-state index is -0.117. The third kappa shape index (κ3) is 33.4. The van der Waals surface area contributed by atoms with Gasteiger partial charge >= 0.3 is 11.9 Å². The van der Waals surface area contributed by atoms with Crippen LogP contribution in [0.5, 0.6) is 0 Å². The van der Waals surface area contributed by atoms with Gasteiger partial charge in [0.05, 0.1) is 13.2 Å². The van der Waals surface area contributed by atoms with E-state index in [-0.39, 0.29) is 17.9 Å². The molecule has 0 aromatic heterocycles. The Morgan fingerprint density at radius 1 is 0.381 bits per heavy atom. The van der Waals surface area contributed by atoms with Crippen LogP contribution < -0.4 is 0 Å². The van der Waals surface area contributed by atoms with Crippen LogP contribution in [0, 0.1) is 5.92 Å². The fourth-order valence-corrected chi connectivity index (χ4v) is 5.59. The van der Waals surface area contributed by atoms with Crippen molar-refractivity contribution >= 4 is 11.9 Å². The highest BCUT2D eigenvalue weighted by Gasteiger charge is 2.10. The Balaban J connectivity index is 3.38. The van der Waals surface area contributed by atoms with Crippen molar-refractivity contribution in [3.63, 3.8) is 0 Å². The predicted molar refractivity (Wildman–Crippen MR) is 181 cm³/mol. The first kappa shape index (κ1) is 40.9. The lowest BCUT2D eigenvalue weighted by Crippen LogP contribution is -2.18. The van der Waals surface area contributed by atoms with Gasteiger partial charge in [-0.25, -0.2) is 0 Å². The van der Waals surface area contributed by atoms with E-state index >= 15 is 0 Å². The molecule has 0 fully saturated rings. The molecule has 0 saturated carbocycles. The highest BCUT2D eigenvalue weighted by molar-refractivity contribution is 5.69. The maximum atomic E-state index is 12.0. The minimum absolute atomic E-state index is 0.0469. The van der Waals surface area contributed by atoms with Gasteiger partial charge in [0.15, 0.2) is 0 Å². The molecule has 0 bridgehead atoms. The van der Waals surface area contributed by atoms with Gasteiger partial charge in [-0.05, 0) is 12.8 Å². The molecule has 42 heavy (non-hydrogen) atoms. The summed E-state index contributed by atoms with van der Waals surface area (Å²) in [5.74, 6) is -0.186. The number of carbonyl (C=O) groups is 2. The molecule has 1 atom stereocenters. The Morgan fingerprint density at radius 3 is 0.833 bits per heavy atom. The van der Waals surface area contributed by atoms with E-state index in [2.05, 4.69) is 13.8 Å². The SMILES string of the molecule is CCCCCCCCCCCCCCCCCC(=O)OCC(C)COC(=O)CCCCCCCCCCCCCCC. The van der Waals surface area contributed by atoms with Crippen LogP contribution in [0.2, 0.25) is 0 Å². The first-order valence-electron chi connectivity index (χ1n) is 18.9. The Morgan fingerprint density at radius 2 is 0.595 bits per heavy atom. The first-order valence-corrected chi connectivity index (χ1v) is 18.9. The van der Waals surface area contributed by atoms with Crippen molar-refractivity contribution in [1.82, 2.24) is 0 Å². The Kier molecular flexibility index (Phi) is 33.6. The molecule has 1 unspecified atom stereocenters. The topological polar surface area (TPSA) is 52.6 Å². The smallest absolute Gasteiger partial charge is 0.305 e. The van der Waals surface area contributed by atoms with Crippen LogP contribution in [0.3, 0.4) is 0 Å². The summed E-state index contributed by atoms with van der Waals surface area (Å²) < 4.78 is 10.8. The molecule has 0 aromatic rings. The molecular formula is C38H74O4. The number of hydrogen-bond acceptors (Lipinski definition) is 4. The fraction of sp³-hybridized carbons (Fsp3) is 0.947. The number of esters is 2. The van der Waals surface area contributed by atoms with Crippen molar-refractivity contribution in [3.8, 4) is 0 Å². The molecule has 0 rings (SSSR count). The van der Waals surface area contributed by atoms with Crippen molar-refractivity contribution in [2.75, 3.05) is 13.2 Å². The third-order valence-corrected chi connectivity index (χ3v) is 8.53. The summed E-state index contributed by atoms with van der Waals surface area (Å²) in [6.45, 7) is 7.19. The van der Waals surface area contributed by atoms with Crippen LogP contribution in [0.4, 0.5) is 0 Å². The monoisotopic (exact) mass is 595 g/mol. The van der Waals surface area contributed by atoms with E-state index in [0.29, 0.717) is 26.1 Å². The molecule has 0 heterocycles. The lowest BCUT2D eigenvalue weighted by atomic mass is 10.0. The zero-order chi connectivity index (χ0) is 30.8. The summed E-state index contributed by atoms with van der Waals surface area (Å²) in [6.07, 6.45) is 37.8. The summed E-state index contributed by atoms with van der Waals surface area (Å²) in [7, 11) is 0. The molecule has 0 aromatic carbocycles. The second-order valence-corrected chi connectivity index (χ2v) is 13.2. The molecular weight excluding hydrogens is 520 g/mol. The van der Waals surface area contributed by atoms with E-state index in [1.807, 2.05) is 6.92 Å². The molecule has 0 aliphatic carbocycles. The first-order chi connectivity index (χ1) is 20.6. The highest BCUT2D eigenvalue weighted by Crippen LogP contribution is 2.15. The van der Waals surface area contributed by atoms with Crippen molar-refractivity contribution in [2.24, 2.45) is 5.92 Å². The number of carbonyl (C=O) groups excluding carboxylic acids is 2. The number of unbranched alkanes of at least 4 members (excludes halogenated alkanes) is 26. The lowest BCUT2D eigenvalue weighted by Gasteiger charge is -2.13. The normalized spacial score (nSPS) is 12.0. The van der Waals surface area contributed by atoms with E-state index in [1.54, 1.807) is 0 Å². The molecule has 0 radical (unpaired) electrons. The summed E-state index contributed by atoms with van der Waals surface area (Å²) in [6, 6.07) is 0. The summed E-state index contributed by atoms with van der Waals surface area (Å²) in [4.78, 5) is 24.1. The van der Waals surface area contributed by atoms with E-state index in [4.69, 9.17) is 9.47 Å². The Hall–Kier alpha value is -1.06. The summed E-state index contributed by atoms with van der Waals surface area (Å²) >= 11 is 0. The van der Waals surface area contributed by atoms with Crippen LogP contribution in [0.1, 0.15) is 213 Å². The van der Waals surface area contributed by atoms with Crippen molar-refractivity contribution in [3.05, 3.63) is 0 Å². The molecule has 4 nitrogen and oxygen atoms in total. The summed E-state index contributed by atoms with van der Waals surface area (Å²) in [5.41, 5.74) is 0. The number of hydrogen-bond donors (Lipinski definition) is 0. The predicted octanol–water partition coefficient (Wildman–Crippen LogP) is 12.5. The Bertz CT molecular complexity index is 561. The van der Waals surface area contributed by atoms with Gasteiger partial charge in [0.25, 0.3) is 0 Å². The van der Waals surface area contributed by atoms with E-state index in [0.717, 1.165) is 25.7 Å². The lowest BCUT2D eigenvalue weighted by molar-refractivity contribution is -0.148. The van der Waals surface area contributed by atoms with Crippen molar-refractivity contribution in [1.29, 1.82) is 0 Å². The van der Waals surface area contributed by atoms with Gasteiger partial charge in [0, 0.05) is 18.8 Å². The van der Waals surface area contributed by atoms with E-state index < -0.39 is 0 Å². The third-order valence-electron chi connectivity index (χ3n) is 8.53.